The third kappa shape index (κ3) is 3.49. The molecule has 0 aliphatic rings. The number of hydrogen-bond donors (Lipinski definition) is 1. The van der Waals surface area contributed by atoms with E-state index in [1.807, 2.05) is 11.8 Å². The Morgan fingerprint density at radius 1 is 1.16 bits per heavy atom. The van der Waals surface area contributed by atoms with Crippen LogP contribution in [0.1, 0.15) is 24.0 Å². The second-order valence-corrected chi connectivity index (χ2v) is 5.58. The predicted molar refractivity (Wildman–Crippen MR) is 85.4 cm³/mol. The van der Waals surface area contributed by atoms with Crippen molar-refractivity contribution >= 4 is 11.6 Å². The van der Waals surface area contributed by atoms with Gasteiger partial charge in [0.15, 0.2) is 0 Å². The Labute approximate surface area is 141 Å². The standard InChI is InChI=1S/C16H16F3N5O/c1-3-23(9-11-4-6-12(25)7-5-11)13-8-10(2)20-15-21-14(16(17,18)19)22-24(13)15/h4-8,25H,3,9H2,1-2H3. The van der Waals surface area contributed by atoms with Crippen LogP contribution in [0.4, 0.5) is 19.0 Å². The summed E-state index contributed by atoms with van der Waals surface area (Å²) in [7, 11) is 0. The Kier molecular flexibility index (Phi) is 4.23. The molecule has 0 spiro atoms. The summed E-state index contributed by atoms with van der Waals surface area (Å²) in [4.78, 5) is 9.40. The van der Waals surface area contributed by atoms with Gasteiger partial charge in [-0.25, -0.2) is 4.98 Å². The van der Waals surface area contributed by atoms with Crippen LogP contribution in [0.5, 0.6) is 5.75 Å². The first-order chi connectivity index (χ1) is 11.8. The number of nitrogens with zero attached hydrogens (tertiary/aromatic N) is 5. The maximum absolute atomic E-state index is 12.9. The van der Waals surface area contributed by atoms with E-state index >= 15 is 0 Å². The van der Waals surface area contributed by atoms with Gasteiger partial charge in [-0.2, -0.15) is 22.7 Å². The number of rotatable bonds is 4. The van der Waals surface area contributed by atoms with E-state index in [1.54, 1.807) is 37.3 Å². The highest BCUT2D eigenvalue weighted by atomic mass is 19.4. The van der Waals surface area contributed by atoms with Crippen molar-refractivity contribution in [1.29, 1.82) is 0 Å². The largest absolute Gasteiger partial charge is 0.508 e. The SMILES string of the molecule is CCN(Cc1ccc(O)cc1)c1cc(C)nc2nc(C(F)(F)F)nn12. The van der Waals surface area contributed by atoms with E-state index in [9.17, 15) is 18.3 Å². The quantitative estimate of drug-likeness (QED) is 0.782. The molecule has 0 aliphatic heterocycles. The van der Waals surface area contributed by atoms with Gasteiger partial charge in [-0.05, 0) is 31.5 Å². The number of anilines is 1. The van der Waals surface area contributed by atoms with Gasteiger partial charge in [0, 0.05) is 24.8 Å². The third-order valence-electron chi connectivity index (χ3n) is 3.69. The van der Waals surface area contributed by atoms with Crippen molar-refractivity contribution < 1.29 is 18.3 Å². The first-order valence-corrected chi connectivity index (χ1v) is 7.62. The van der Waals surface area contributed by atoms with Gasteiger partial charge >= 0.3 is 6.18 Å². The van der Waals surface area contributed by atoms with Crippen molar-refractivity contribution in [1.82, 2.24) is 19.6 Å². The average molecular weight is 351 g/mol. The highest BCUT2D eigenvalue weighted by Crippen LogP contribution is 2.28. The number of benzene rings is 1. The summed E-state index contributed by atoms with van der Waals surface area (Å²) >= 11 is 0. The highest BCUT2D eigenvalue weighted by molar-refractivity contribution is 5.48. The van der Waals surface area contributed by atoms with E-state index in [1.165, 1.54) is 0 Å². The molecule has 0 amide bonds. The Balaban J connectivity index is 2.05. The molecule has 0 bridgehead atoms. The summed E-state index contributed by atoms with van der Waals surface area (Å²) in [6, 6.07) is 8.31. The second-order valence-electron chi connectivity index (χ2n) is 5.58. The molecule has 0 radical (unpaired) electrons. The fraction of sp³-hybridized carbons (Fsp3) is 0.312. The molecular formula is C16H16F3N5O. The number of halogens is 3. The van der Waals surface area contributed by atoms with Gasteiger partial charge in [-0.1, -0.05) is 12.1 Å². The van der Waals surface area contributed by atoms with Crippen molar-refractivity contribution in [2.45, 2.75) is 26.6 Å². The summed E-state index contributed by atoms with van der Waals surface area (Å²) in [5, 5.41) is 13.0. The number of aromatic hydroxyl groups is 1. The molecule has 1 N–H and O–H groups in total. The zero-order valence-electron chi connectivity index (χ0n) is 13.6. The van der Waals surface area contributed by atoms with Gasteiger partial charge in [0.1, 0.15) is 11.6 Å². The van der Waals surface area contributed by atoms with Crippen LogP contribution in [0.3, 0.4) is 0 Å². The monoisotopic (exact) mass is 351 g/mol. The lowest BCUT2D eigenvalue weighted by molar-refractivity contribution is -0.144. The molecule has 2 heterocycles. The van der Waals surface area contributed by atoms with Crippen LogP contribution in [0.15, 0.2) is 30.3 Å². The smallest absolute Gasteiger partial charge is 0.453 e. The summed E-state index contributed by atoms with van der Waals surface area (Å²) in [6.45, 7) is 4.57. The first-order valence-electron chi connectivity index (χ1n) is 7.62. The van der Waals surface area contributed by atoms with Crippen LogP contribution in [-0.2, 0) is 12.7 Å². The third-order valence-corrected chi connectivity index (χ3v) is 3.69. The maximum Gasteiger partial charge on any atom is 0.453 e. The molecule has 0 saturated carbocycles. The van der Waals surface area contributed by atoms with Crippen molar-refractivity contribution in [3.63, 3.8) is 0 Å². The summed E-state index contributed by atoms with van der Waals surface area (Å²) in [6.07, 6.45) is -4.63. The lowest BCUT2D eigenvalue weighted by atomic mass is 10.2. The summed E-state index contributed by atoms with van der Waals surface area (Å²) < 4.78 is 39.9. The predicted octanol–water partition coefficient (Wildman–Crippen LogP) is 3.18. The van der Waals surface area contributed by atoms with E-state index in [4.69, 9.17) is 0 Å². The van der Waals surface area contributed by atoms with Crippen LogP contribution in [0, 0.1) is 6.92 Å². The van der Waals surface area contributed by atoms with Gasteiger partial charge in [-0.15, -0.1) is 5.10 Å². The van der Waals surface area contributed by atoms with E-state index in [0.717, 1.165) is 10.1 Å². The Morgan fingerprint density at radius 2 is 1.84 bits per heavy atom. The Bertz CT molecular complexity index is 889. The number of phenolic OH excluding ortho intramolecular Hbond substituents is 1. The molecule has 2 aromatic heterocycles. The number of hydrogen-bond acceptors (Lipinski definition) is 5. The zero-order chi connectivity index (χ0) is 18.2. The minimum absolute atomic E-state index is 0.0912. The van der Waals surface area contributed by atoms with E-state index in [2.05, 4.69) is 15.1 Å². The van der Waals surface area contributed by atoms with Crippen molar-refractivity contribution in [2.24, 2.45) is 0 Å². The molecule has 132 valence electrons. The normalized spacial score (nSPS) is 11.9. The van der Waals surface area contributed by atoms with Crippen molar-refractivity contribution in [3.05, 3.63) is 47.4 Å². The molecule has 0 saturated heterocycles. The number of phenols is 1. The van der Waals surface area contributed by atoms with Gasteiger partial charge in [0.2, 0.25) is 0 Å². The minimum Gasteiger partial charge on any atom is -0.508 e. The Hall–Kier alpha value is -2.84. The zero-order valence-corrected chi connectivity index (χ0v) is 13.6. The molecule has 25 heavy (non-hydrogen) atoms. The lowest BCUT2D eigenvalue weighted by Gasteiger charge is -2.23. The molecule has 9 heteroatoms. The first kappa shape index (κ1) is 17.0. The van der Waals surface area contributed by atoms with E-state index < -0.39 is 12.0 Å². The van der Waals surface area contributed by atoms with Gasteiger partial charge in [0.05, 0.1) is 0 Å². The molecule has 0 aliphatic carbocycles. The van der Waals surface area contributed by atoms with E-state index in [-0.39, 0.29) is 11.5 Å². The molecule has 0 unspecified atom stereocenters. The summed E-state index contributed by atoms with van der Waals surface area (Å²) in [5.74, 6) is -0.680. The van der Waals surface area contributed by atoms with E-state index in [0.29, 0.717) is 24.6 Å². The molecule has 0 atom stereocenters. The number of aromatic nitrogens is 4. The van der Waals surface area contributed by atoms with Gasteiger partial charge in [-0.3, -0.25) is 0 Å². The molecule has 6 nitrogen and oxygen atoms in total. The highest BCUT2D eigenvalue weighted by Gasteiger charge is 2.37. The maximum atomic E-state index is 12.9. The number of aryl methyl sites for hydroxylation is 1. The average Bonchev–Trinajstić information content (AvgIpc) is 2.98. The molecule has 0 fully saturated rings. The van der Waals surface area contributed by atoms with Crippen molar-refractivity contribution in [2.75, 3.05) is 11.4 Å². The van der Waals surface area contributed by atoms with Crippen LogP contribution in [0.2, 0.25) is 0 Å². The van der Waals surface area contributed by atoms with Crippen LogP contribution >= 0.6 is 0 Å². The molecule has 3 aromatic rings. The molecular weight excluding hydrogens is 335 g/mol. The van der Waals surface area contributed by atoms with Gasteiger partial charge < -0.3 is 10.0 Å². The number of fused-ring (bicyclic) bond motifs is 1. The van der Waals surface area contributed by atoms with Gasteiger partial charge in [0.25, 0.3) is 11.6 Å². The fourth-order valence-electron chi connectivity index (χ4n) is 2.49. The fourth-order valence-corrected chi connectivity index (χ4v) is 2.49. The van der Waals surface area contributed by atoms with Crippen molar-refractivity contribution in [3.8, 4) is 5.75 Å². The van der Waals surface area contributed by atoms with Crippen LogP contribution in [0.25, 0.3) is 5.78 Å². The molecule has 1 aromatic carbocycles. The minimum atomic E-state index is -4.63. The van der Waals surface area contributed by atoms with Crippen LogP contribution < -0.4 is 4.90 Å². The van der Waals surface area contributed by atoms with Crippen LogP contribution in [-0.4, -0.2) is 31.2 Å². The Morgan fingerprint density at radius 3 is 2.44 bits per heavy atom. The lowest BCUT2D eigenvalue weighted by Crippen LogP contribution is -2.25. The second kappa shape index (κ2) is 6.23. The topological polar surface area (TPSA) is 66.5 Å². The molecule has 3 rings (SSSR count). The summed E-state index contributed by atoms with van der Waals surface area (Å²) in [5.41, 5.74) is 1.45. The number of alkyl halides is 3.